The number of thioether (sulfide) groups is 1. The first-order valence-electron chi connectivity index (χ1n) is 2.02. The molecular formula is C3H5BFNS. The smallest absolute Gasteiger partial charge is 0.386 e. The predicted molar refractivity (Wildman–Crippen MR) is 31.7 cm³/mol. The van der Waals surface area contributed by atoms with Gasteiger partial charge < -0.3 is 9.13 Å². The van der Waals surface area contributed by atoms with Gasteiger partial charge in [-0.2, -0.15) is 0 Å². The van der Waals surface area contributed by atoms with Crippen molar-refractivity contribution in [2.75, 3.05) is 5.88 Å². The molecule has 4 heteroatoms. The zero-order chi connectivity index (χ0) is 5.11. The van der Waals surface area contributed by atoms with Crippen LogP contribution in [0.2, 0.25) is 0 Å². The van der Waals surface area contributed by atoms with Gasteiger partial charge in [-0.25, -0.2) is 0 Å². The van der Waals surface area contributed by atoms with Crippen LogP contribution in [0.25, 0.3) is 0 Å². The van der Waals surface area contributed by atoms with Crippen molar-refractivity contribution in [2.24, 2.45) is 0 Å². The Hall–Kier alpha value is -0.115. The average Bonchev–Trinajstić information content (AvgIpc) is 2.14. The van der Waals surface area contributed by atoms with Crippen LogP contribution in [0.3, 0.4) is 0 Å². The first kappa shape index (κ1) is 5.03. The molecule has 1 aliphatic rings. The van der Waals surface area contributed by atoms with E-state index in [-0.39, 0.29) is 7.69 Å². The van der Waals surface area contributed by atoms with E-state index < -0.39 is 0 Å². The van der Waals surface area contributed by atoms with E-state index in [2.05, 4.69) is 0 Å². The highest BCUT2D eigenvalue weighted by atomic mass is 32.2. The third-order valence-electron chi connectivity index (χ3n) is 0.762. The van der Waals surface area contributed by atoms with Crippen LogP contribution in [-0.2, 0) is 0 Å². The first-order chi connectivity index (χ1) is 3.43. The van der Waals surface area contributed by atoms with Crippen LogP contribution in [0.1, 0.15) is 0 Å². The van der Waals surface area contributed by atoms with Gasteiger partial charge >= 0.3 is 7.69 Å². The molecule has 1 aliphatic heterocycles. The van der Waals surface area contributed by atoms with E-state index in [4.69, 9.17) is 0 Å². The van der Waals surface area contributed by atoms with Crippen molar-refractivity contribution in [2.45, 2.75) is 0 Å². The fourth-order valence-corrected chi connectivity index (χ4v) is 1.08. The fraction of sp³-hybridized carbons (Fsp3) is 0.333. The lowest BCUT2D eigenvalue weighted by molar-refractivity contribution is 0.638. The molecule has 1 rings (SSSR count). The number of hydrogen-bond acceptors (Lipinski definition) is 2. The van der Waals surface area contributed by atoms with Gasteiger partial charge in [0.1, 0.15) is 0 Å². The van der Waals surface area contributed by atoms with Gasteiger partial charge in [0, 0.05) is 0 Å². The van der Waals surface area contributed by atoms with E-state index in [1.165, 1.54) is 0 Å². The fourth-order valence-electron chi connectivity index (χ4n) is 0.385. The summed E-state index contributed by atoms with van der Waals surface area (Å²) < 4.78 is 11.6. The minimum Gasteiger partial charge on any atom is -0.386 e. The van der Waals surface area contributed by atoms with E-state index in [1.54, 1.807) is 22.8 Å². The molecule has 0 radical (unpaired) electrons. The largest absolute Gasteiger partial charge is 0.444 e. The van der Waals surface area contributed by atoms with Gasteiger partial charge in [-0.15, -0.1) is 11.8 Å². The molecule has 0 bridgehead atoms. The molecule has 1 nitrogen and oxygen atoms in total. The van der Waals surface area contributed by atoms with Crippen LogP contribution in [0.4, 0.5) is 4.32 Å². The van der Waals surface area contributed by atoms with Crippen LogP contribution in [0, 0.1) is 0 Å². The molecule has 0 N–H and O–H groups in total. The molecule has 38 valence electrons. The van der Waals surface area contributed by atoms with Crippen LogP contribution in [0.5, 0.6) is 0 Å². The quantitative estimate of drug-likeness (QED) is 0.465. The summed E-state index contributed by atoms with van der Waals surface area (Å²) in [6, 6.07) is 0. The van der Waals surface area contributed by atoms with Crippen molar-refractivity contribution in [3.63, 3.8) is 0 Å². The number of nitrogens with zero attached hydrogens (tertiary/aromatic N) is 1. The summed E-state index contributed by atoms with van der Waals surface area (Å²) >= 11 is 1.61. The van der Waals surface area contributed by atoms with E-state index in [1.807, 2.05) is 5.41 Å². The van der Waals surface area contributed by atoms with Crippen LogP contribution in [0.15, 0.2) is 11.6 Å². The van der Waals surface area contributed by atoms with Crippen LogP contribution >= 0.6 is 11.8 Å². The molecule has 0 spiro atoms. The Balaban J connectivity index is 2.28. The number of hydrogen-bond donors (Lipinski definition) is 0. The maximum atomic E-state index is 11.6. The molecule has 0 aromatic carbocycles. The number of halogens is 1. The van der Waals surface area contributed by atoms with Crippen molar-refractivity contribution < 1.29 is 4.32 Å². The molecule has 0 aromatic rings. The zero-order valence-electron chi connectivity index (χ0n) is 3.80. The van der Waals surface area contributed by atoms with Gasteiger partial charge in [0.15, 0.2) is 0 Å². The monoisotopic (exact) mass is 117 g/mol. The summed E-state index contributed by atoms with van der Waals surface area (Å²) in [5, 5.41) is 1.89. The first-order valence-corrected chi connectivity index (χ1v) is 3.06. The second-order valence-electron chi connectivity index (χ2n) is 1.29. The Morgan fingerprint density at radius 2 is 2.71 bits per heavy atom. The molecule has 7 heavy (non-hydrogen) atoms. The molecule has 0 fully saturated rings. The minimum atomic E-state index is -0.358. The maximum Gasteiger partial charge on any atom is 0.444 e. The number of rotatable bonds is 1. The Labute approximate surface area is 46.9 Å². The normalized spacial score (nSPS) is 18.1. The molecule has 0 atom stereocenters. The van der Waals surface area contributed by atoms with Gasteiger partial charge in [0.2, 0.25) is 0 Å². The molecule has 0 amide bonds. The lowest BCUT2D eigenvalue weighted by Gasteiger charge is -2.04. The maximum absolute atomic E-state index is 11.6. The van der Waals surface area contributed by atoms with Crippen molar-refractivity contribution in [3.8, 4) is 0 Å². The Bertz CT molecular complexity index is 87.0. The highest BCUT2D eigenvalue weighted by Crippen LogP contribution is 2.12. The van der Waals surface area contributed by atoms with Gasteiger partial charge in [0.25, 0.3) is 0 Å². The summed E-state index contributed by atoms with van der Waals surface area (Å²) in [6.45, 7) is 0. The van der Waals surface area contributed by atoms with Crippen molar-refractivity contribution in [3.05, 3.63) is 11.6 Å². The third kappa shape index (κ3) is 1.13. The van der Waals surface area contributed by atoms with Crippen molar-refractivity contribution >= 4 is 19.5 Å². The lowest BCUT2D eigenvalue weighted by Crippen LogP contribution is -2.13. The molecule has 0 aliphatic carbocycles. The SMILES string of the molecule is FBN1C=CSC1. The highest BCUT2D eigenvalue weighted by molar-refractivity contribution is 8.02. The lowest BCUT2D eigenvalue weighted by atomic mass is 10.3. The molecule has 0 saturated heterocycles. The van der Waals surface area contributed by atoms with Gasteiger partial charge in [0.05, 0.1) is 5.88 Å². The van der Waals surface area contributed by atoms with Crippen molar-refractivity contribution in [1.29, 1.82) is 0 Å². The molecule has 0 saturated carbocycles. The Kier molecular flexibility index (Phi) is 1.62. The molecule has 0 unspecified atom stereocenters. The molecular weight excluding hydrogens is 112 g/mol. The molecule has 0 aromatic heterocycles. The van der Waals surface area contributed by atoms with Crippen LogP contribution < -0.4 is 0 Å². The predicted octanol–water partition coefficient (Wildman–Crippen LogP) is 0.700. The topological polar surface area (TPSA) is 3.24 Å². The Morgan fingerprint density at radius 3 is 3.00 bits per heavy atom. The standard InChI is InChI=1S/C3H5BFNS/c5-4-6-1-2-7-3-6/h1-2,4H,3H2. The summed E-state index contributed by atoms with van der Waals surface area (Å²) in [5.41, 5.74) is 0. The van der Waals surface area contributed by atoms with Gasteiger partial charge in [-0.1, -0.05) is 0 Å². The average molecular weight is 117 g/mol. The van der Waals surface area contributed by atoms with Crippen molar-refractivity contribution in [1.82, 2.24) is 4.81 Å². The second kappa shape index (κ2) is 2.26. The van der Waals surface area contributed by atoms with E-state index in [0.29, 0.717) is 0 Å². The summed E-state index contributed by atoms with van der Waals surface area (Å²) in [5.74, 6) is 0.774. The third-order valence-corrected chi connectivity index (χ3v) is 1.56. The van der Waals surface area contributed by atoms with E-state index >= 15 is 0 Å². The van der Waals surface area contributed by atoms with E-state index in [0.717, 1.165) is 5.88 Å². The summed E-state index contributed by atoms with van der Waals surface area (Å²) in [7, 11) is -0.358. The minimum absolute atomic E-state index is 0.358. The summed E-state index contributed by atoms with van der Waals surface area (Å²) in [6.07, 6.45) is 1.75. The van der Waals surface area contributed by atoms with Gasteiger partial charge in [-0.05, 0) is 11.6 Å². The van der Waals surface area contributed by atoms with E-state index in [9.17, 15) is 4.32 Å². The Morgan fingerprint density at radius 1 is 1.86 bits per heavy atom. The zero-order valence-corrected chi connectivity index (χ0v) is 4.62. The molecule has 1 heterocycles. The van der Waals surface area contributed by atoms with Gasteiger partial charge in [-0.3, -0.25) is 0 Å². The second-order valence-corrected chi connectivity index (χ2v) is 2.15. The summed E-state index contributed by atoms with van der Waals surface area (Å²) in [4.78, 5) is 1.60. The highest BCUT2D eigenvalue weighted by Gasteiger charge is 2.03. The van der Waals surface area contributed by atoms with Crippen LogP contribution in [-0.4, -0.2) is 18.4 Å².